The molecule has 2 amide bonds. The topological polar surface area (TPSA) is 133 Å². The zero-order valence-corrected chi connectivity index (χ0v) is 19.3. The van der Waals surface area contributed by atoms with Crippen molar-refractivity contribution < 1.29 is 32.6 Å². The van der Waals surface area contributed by atoms with Crippen LogP contribution in [0.15, 0.2) is 30.3 Å². The first-order chi connectivity index (χ1) is 15.8. The predicted octanol–water partition coefficient (Wildman–Crippen LogP) is 0.579. The number of nitrogens with zero attached hydrogens (tertiary/aromatic N) is 2. The quantitative estimate of drug-likeness (QED) is 0.527. The number of carbonyl (C=O) groups excluding carboxylic acids is 2. The first kappa shape index (κ1) is 25.1. The van der Waals surface area contributed by atoms with E-state index in [1.54, 1.807) is 35.2 Å². The Morgan fingerprint density at radius 3 is 2.45 bits per heavy atom. The Labute approximate surface area is 193 Å². The number of benzene rings is 1. The Morgan fingerprint density at radius 1 is 1.09 bits per heavy atom. The second-order valence-corrected chi connectivity index (χ2v) is 10.1. The van der Waals surface area contributed by atoms with Crippen LogP contribution >= 0.6 is 0 Å². The van der Waals surface area contributed by atoms with Crippen LogP contribution in [0.2, 0.25) is 0 Å². The Kier molecular flexibility index (Phi) is 8.81. The van der Waals surface area contributed by atoms with Gasteiger partial charge >= 0.3 is 5.97 Å². The summed E-state index contributed by atoms with van der Waals surface area (Å²) in [7, 11) is -3.92. The predicted molar refractivity (Wildman–Crippen MR) is 120 cm³/mol. The Bertz CT molecular complexity index is 933. The van der Waals surface area contributed by atoms with E-state index in [0.717, 1.165) is 0 Å². The summed E-state index contributed by atoms with van der Waals surface area (Å²) in [6.07, 6.45) is 1.56. The molecule has 2 atom stereocenters. The largest absolute Gasteiger partial charge is 0.480 e. The molecule has 2 heterocycles. The van der Waals surface area contributed by atoms with Crippen molar-refractivity contribution in [1.29, 1.82) is 0 Å². The number of rotatable bonds is 9. The van der Waals surface area contributed by atoms with Crippen molar-refractivity contribution in [3.63, 3.8) is 0 Å². The van der Waals surface area contributed by atoms with Crippen molar-refractivity contribution in [2.45, 2.75) is 49.9 Å². The molecule has 0 radical (unpaired) electrons. The summed E-state index contributed by atoms with van der Waals surface area (Å²) in [5.41, 5.74) is 0.557. The van der Waals surface area contributed by atoms with Gasteiger partial charge in [0.2, 0.25) is 21.8 Å². The molecular weight excluding hydrogens is 450 g/mol. The average molecular weight is 482 g/mol. The number of sulfonamides is 1. The number of piperidine rings is 1. The van der Waals surface area contributed by atoms with E-state index in [0.29, 0.717) is 51.1 Å². The van der Waals surface area contributed by atoms with Crippen LogP contribution in [0, 0.1) is 0 Å². The number of likely N-dealkylation sites (tertiary alicyclic amines) is 1. The number of carboxylic acids is 1. The van der Waals surface area contributed by atoms with Crippen molar-refractivity contribution >= 4 is 27.8 Å². The molecule has 11 heteroatoms. The number of morpholine rings is 1. The smallest absolute Gasteiger partial charge is 0.326 e. The lowest BCUT2D eigenvalue weighted by atomic mass is 10.00. The molecule has 10 nitrogen and oxygen atoms in total. The first-order valence-corrected chi connectivity index (χ1v) is 12.8. The molecule has 2 aliphatic heterocycles. The van der Waals surface area contributed by atoms with Gasteiger partial charge in [0.25, 0.3) is 0 Å². The molecule has 0 aliphatic carbocycles. The lowest BCUT2D eigenvalue weighted by Gasteiger charge is -2.35. The van der Waals surface area contributed by atoms with Crippen molar-refractivity contribution in [1.82, 2.24) is 14.5 Å². The molecule has 182 valence electrons. The van der Waals surface area contributed by atoms with E-state index in [1.807, 2.05) is 0 Å². The van der Waals surface area contributed by atoms with Gasteiger partial charge in [0.15, 0.2) is 0 Å². The van der Waals surface area contributed by atoms with Gasteiger partial charge in [0.05, 0.1) is 19.0 Å². The maximum atomic E-state index is 13.3. The van der Waals surface area contributed by atoms with Gasteiger partial charge in [-0.25, -0.2) is 17.9 Å². The van der Waals surface area contributed by atoms with Gasteiger partial charge < -0.3 is 19.6 Å². The van der Waals surface area contributed by atoms with E-state index in [4.69, 9.17) is 4.74 Å². The van der Waals surface area contributed by atoms with Crippen molar-refractivity contribution in [3.05, 3.63) is 35.9 Å². The summed E-state index contributed by atoms with van der Waals surface area (Å²) in [4.78, 5) is 40.5. The van der Waals surface area contributed by atoms with Crippen LogP contribution in [0.4, 0.5) is 0 Å². The second-order valence-electron chi connectivity index (χ2n) is 8.33. The molecular formula is C22H31N3O7S. The highest BCUT2D eigenvalue weighted by atomic mass is 32.2. The van der Waals surface area contributed by atoms with Gasteiger partial charge in [0, 0.05) is 26.1 Å². The maximum absolute atomic E-state index is 13.3. The number of carboxylic acid groups (broad SMARTS) is 1. The molecule has 0 bridgehead atoms. The lowest BCUT2D eigenvalue weighted by Crippen LogP contribution is -2.55. The first-order valence-electron chi connectivity index (χ1n) is 11.2. The monoisotopic (exact) mass is 481 g/mol. The molecule has 0 spiro atoms. The molecule has 2 N–H and O–H groups in total. The third-order valence-electron chi connectivity index (χ3n) is 5.90. The van der Waals surface area contributed by atoms with Crippen LogP contribution in [-0.4, -0.2) is 86.0 Å². The average Bonchev–Trinajstić information content (AvgIpc) is 2.82. The summed E-state index contributed by atoms with van der Waals surface area (Å²) in [5.74, 6) is -2.23. The van der Waals surface area contributed by atoms with E-state index in [2.05, 4.69) is 4.72 Å². The summed E-state index contributed by atoms with van der Waals surface area (Å²) in [6, 6.07) is 6.34. The fraction of sp³-hybridized carbons (Fsp3) is 0.591. The third-order valence-corrected chi connectivity index (χ3v) is 7.26. The van der Waals surface area contributed by atoms with Gasteiger partial charge in [-0.3, -0.25) is 9.59 Å². The molecule has 1 unspecified atom stereocenters. The fourth-order valence-corrected chi connectivity index (χ4v) is 5.54. The van der Waals surface area contributed by atoms with E-state index in [1.165, 1.54) is 4.90 Å². The molecule has 2 aliphatic rings. The van der Waals surface area contributed by atoms with Gasteiger partial charge in [-0.15, -0.1) is 0 Å². The van der Waals surface area contributed by atoms with Gasteiger partial charge in [-0.2, -0.15) is 0 Å². The molecule has 2 saturated heterocycles. The number of hydrogen-bond acceptors (Lipinski definition) is 6. The highest BCUT2D eigenvalue weighted by molar-refractivity contribution is 7.88. The van der Waals surface area contributed by atoms with Crippen molar-refractivity contribution in [2.75, 3.05) is 32.8 Å². The maximum Gasteiger partial charge on any atom is 0.326 e. The molecule has 0 saturated carbocycles. The number of carbonyl (C=O) groups is 3. The van der Waals surface area contributed by atoms with Gasteiger partial charge in [-0.05, 0) is 31.2 Å². The number of hydrogen-bond donors (Lipinski definition) is 2. The molecule has 33 heavy (non-hydrogen) atoms. The Morgan fingerprint density at radius 2 is 1.79 bits per heavy atom. The summed E-state index contributed by atoms with van der Waals surface area (Å²) < 4.78 is 33.4. The number of nitrogens with one attached hydrogen (secondary N) is 1. The number of ether oxygens (including phenoxy) is 1. The third kappa shape index (κ3) is 7.24. The van der Waals surface area contributed by atoms with E-state index >= 15 is 0 Å². The van der Waals surface area contributed by atoms with Crippen molar-refractivity contribution in [2.24, 2.45) is 0 Å². The minimum absolute atomic E-state index is 0.0319. The van der Waals surface area contributed by atoms with E-state index in [-0.39, 0.29) is 31.0 Å². The van der Waals surface area contributed by atoms with Crippen LogP contribution in [0.25, 0.3) is 0 Å². The van der Waals surface area contributed by atoms with Crippen LogP contribution in [0.1, 0.15) is 37.7 Å². The molecule has 1 aromatic rings. The normalized spacial score (nSPS) is 20.3. The Hall–Kier alpha value is -2.50. The zero-order chi connectivity index (χ0) is 23.8. The van der Waals surface area contributed by atoms with Crippen LogP contribution in [0.3, 0.4) is 0 Å². The van der Waals surface area contributed by atoms with E-state index < -0.39 is 34.0 Å². The number of aliphatic carboxylic acids is 1. The minimum atomic E-state index is -3.92. The molecule has 0 aromatic heterocycles. The lowest BCUT2D eigenvalue weighted by molar-refractivity contribution is -0.153. The number of amides is 2. The molecule has 2 fully saturated rings. The van der Waals surface area contributed by atoms with E-state index in [9.17, 15) is 27.9 Å². The van der Waals surface area contributed by atoms with Crippen LogP contribution < -0.4 is 4.72 Å². The van der Waals surface area contributed by atoms with Crippen LogP contribution in [-0.2, 0) is 34.9 Å². The minimum Gasteiger partial charge on any atom is -0.480 e. The molecule has 3 rings (SSSR count). The Balaban J connectivity index is 1.75. The standard InChI is InChI=1S/C22H31N3O7S/c26-20(24-12-14-32-15-13-24)10-9-18(21(27)25-11-5-4-8-19(25)22(28)29)23-33(30,31)16-17-6-2-1-3-7-17/h1-3,6-7,18-19,23H,4-5,8-16H2,(H,28,29)/t18-,19?/m1/s1. The van der Waals surface area contributed by atoms with Crippen LogP contribution in [0.5, 0.6) is 0 Å². The highest BCUT2D eigenvalue weighted by Crippen LogP contribution is 2.20. The summed E-state index contributed by atoms with van der Waals surface area (Å²) in [6.45, 7) is 2.01. The van der Waals surface area contributed by atoms with Gasteiger partial charge in [-0.1, -0.05) is 30.3 Å². The highest BCUT2D eigenvalue weighted by Gasteiger charge is 2.37. The zero-order valence-electron chi connectivity index (χ0n) is 18.5. The SMILES string of the molecule is O=C(O)C1CCCCN1C(=O)[C@@H](CCC(=O)N1CCOCC1)NS(=O)(=O)Cc1ccccc1. The fourth-order valence-electron chi connectivity index (χ4n) is 4.18. The van der Waals surface area contributed by atoms with Gasteiger partial charge in [0.1, 0.15) is 12.1 Å². The van der Waals surface area contributed by atoms with Crippen molar-refractivity contribution in [3.8, 4) is 0 Å². The summed E-state index contributed by atoms with van der Waals surface area (Å²) >= 11 is 0. The molecule has 1 aromatic carbocycles. The summed E-state index contributed by atoms with van der Waals surface area (Å²) in [5, 5.41) is 9.55. The second kappa shape index (κ2) is 11.6.